The molecule has 9 nitrogen and oxygen atoms in total. The quantitative estimate of drug-likeness (QED) is 0.613. The maximum absolute atomic E-state index is 11.8. The topological polar surface area (TPSA) is 133 Å². The number of aliphatic carboxylic acids is 2. The first kappa shape index (κ1) is 17.5. The molecule has 1 fully saturated rings. The summed E-state index contributed by atoms with van der Waals surface area (Å²) in [5.74, 6) is -3.51. The van der Waals surface area contributed by atoms with Gasteiger partial charge in [-0.3, -0.25) is 4.79 Å². The fraction of sp³-hybridized carbons (Fsp3) is 0.538. The van der Waals surface area contributed by atoms with Crippen molar-refractivity contribution >= 4 is 23.9 Å². The van der Waals surface area contributed by atoms with Crippen LogP contribution in [0.5, 0.6) is 0 Å². The van der Waals surface area contributed by atoms with Crippen molar-refractivity contribution in [2.24, 2.45) is 0 Å². The molecule has 0 unspecified atom stereocenters. The number of carbonyl (C=O) groups is 4. The van der Waals surface area contributed by atoms with Gasteiger partial charge in [0.15, 0.2) is 5.54 Å². The fourth-order valence-electron chi connectivity index (χ4n) is 1.75. The molecule has 0 aromatic heterocycles. The lowest BCUT2D eigenvalue weighted by atomic mass is 9.90. The molecule has 22 heavy (non-hydrogen) atoms. The molecular weight excluding hydrogens is 296 g/mol. The van der Waals surface area contributed by atoms with Crippen LogP contribution in [0.2, 0.25) is 0 Å². The van der Waals surface area contributed by atoms with E-state index >= 15 is 0 Å². The number of carboxylic acids is 2. The lowest BCUT2D eigenvalue weighted by Crippen LogP contribution is -2.75. The number of nitrogens with zero attached hydrogens (tertiary/aromatic N) is 1. The molecule has 3 N–H and O–H groups in total. The molecule has 0 radical (unpaired) electrons. The van der Waals surface area contributed by atoms with Crippen LogP contribution in [-0.2, 0) is 19.1 Å². The number of amides is 2. The molecule has 0 bridgehead atoms. The van der Waals surface area contributed by atoms with Gasteiger partial charge in [-0.05, 0) is 20.8 Å². The van der Waals surface area contributed by atoms with Gasteiger partial charge >= 0.3 is 18.0 Å². The van der Waals surface area contributed by atoms with Crippen molar-refractivity contribution in [2.45, 2.75) is 31.9 Å². The van der Waals surface area contributed by atoms with E-state index < -0.39 is 35.1 Å². The van der Waals surface area contributed by atoms with Crippen molar-refractivity contribution in [3.8, 4) is 0 Å². The summed E-state index contributed by atoms with van der Waals surface area (Å²) >= 11 is 0. The highest BCUT2D eigenvalue weighted by molar-refractivity contribution is 5.98. The molecule has 1 aliphatic heterocycles. The van der Waals surface area contributed by atoms with Crippen LogP contribution >= 0.6 is 0 Å². The number of rotatable bonds is 4. The third-order valence-electron chi connectivity index (χ3n) is 2.72. The van der Waals surface area contributed by atoms with E-state index in [0.717, 1.165) is 4.90 Å². The summed E-state index contributed by atoms with van der Waals surface area (Å²) in [5.41, 5.74) is -2.36. The van der Waals surface area contributed by atoms with Gasteiger partial charge < -0.3 is 25.2 Å². The minimum absolute atomic E-state index is 0.260. The van der Waals surface area contributed by atoms with E-state index in [1.165, 1.54) is 0 Å². The molecule has 122 valence electrons. The Morgan fingerprint density at radius 3 is 2.09 bits per heavy atom. The highest BCUT2D eigenvalue weighted by atomic mass is 16.6. The average Bonchev–Trinajstić information content (AvgIpc) is 2.27. The van der Waals surface area contributed by atoms with E-state index in [9.17, 15) is 24.3 Å². The monoisotopic (exact) mass is 314 g/mol. The van der Waals surface area contributed by atoms with Crippen LogP contribution in [0.1, 0.15) is 20.8 Å². The Labute approximate surface area is 126 Å². The molecule has 1 rings (SSSR count). The van der Waals surface area contributed by atoms with Gasteiger partial charge in [0.2, 0.25) is 5.91 Å². The highest BCUT2D eigenvalue weighted by Gasteiger charge is 2.53. The summed E-state index contributed by atoms with van der Waals surface area (Å²) in [6.45, 7) is 4.50. The molecule has 0 atom stereocenters. The Balaban J connectivity index is 2.67. The average molecular weight is 314 g/mol. The van der Waals surface area contributed by atoms with Crippen molar-refractivity contribution in [2.75, 3.05) is 13.1 Å². The maximum Gasteiger partial charge on any atom is 0.410 e. The maximum atomic E-state index is 11.8. The van der Waals surface area contributed by atoms with Crippen LogP contribution in [0.4, 0.5) is 4.79 Å². The summed E-state index contributed by atoms with van der Waals surface area (Å²) in [4.78, 5) is 46.0. The number of hydrogen-bond acceptors (Lipinski definition) is 5. The van der Waals surface area contributed by atoms with E-state index in [1.807, 2.05) is 0 Å². The number of ether oxygens (including phenoxy) is 1. The third kappa shape index (κ3) is 4.47. The first-order chi connectivity index (χ1) is 9.95. The minimum Gasteiger partial charge on any atom is -0.479 e. The second-order valence-electron chi connectivity index (χ2n) is 5.88. The summed E-state index contributed by atoms with van der Waals surface area (Å²) in [5, 5.41) is 19.8. The lowest BCUT2D eigenvalue weighted by molar-refractivity contribution is -0.154. The van der Waals surface area contributed by atoms with Gasteiger partial charge in [-0.15, -0.1) is 0 Å². The fourth-order valence-corrected chi connectivity index (χ4v) is 1.75. The SMILES string of the molecule is CC(C)(C)OC(=O)N1CC(NC(=O)/C=C\C(=O)O)(C(=O)O)C1. The number of nitrogens with one attached hydrogen (secondary N) is 1. The molecular formula is C13H18N2O7. The van der Waals surface area contributed by atoms with Crippen LogP contribution in [0, 0.1) is 0 Å². The van der Waals surface area contributed by atoms with Crippen LogP contribution < -0.4 is 5.32 Å². The van der Waals surface area contributed by atoms with E-state index in [2.05, 4.69) is 5.32 Å². The van der Waals surface area contributed by atoms with E-state index in [0.29, 0.717) is 12.2 Å². The van der Waals surface area contributed by atoms with E-state index in [4.69, 9.17) is 9.84 Å². The number of carbonyl (C=O) groups excluding carboxylic acids is 2. The molecule has 9 heteroatoms. The Hall–Kier alpha value is -2.58. The second-order valence-corrected chi connectivity index (χ2v) is 5.88. The number of carboxylic acid groups (broad SMARTS) is 2. The predicted molar refractivity (Wildman–Crippen MR) is 73.1 cm³/mol. The molecule has 0 aliphatic carbocycles. The molecule has 1 saturated heterocycles. The highest BCUT2D eigenvalue weighted by Crippen LogP contribution is 2.24. The molecule has 2 amide bonds. The van der Waals surface area contributed by atoms with Gasteiger partial charge in [-0.2, -0.15) is 0 Å². The zero-order valence-corrected chi connectivity index (χ0v) is 12.5. The zero-order valence-electron chi connectivity index (χ0n) is 12.5. The molecule has 0 saturated carbocycles. The van der Waals surface area contributed by atoms with Crippen LogP contribution in [0.25, 0.3) is 0 Å². The number of likely N-dealkylation sites (tertiary alicyclic amines) is 1. The first-order valence-electron chi connectivity index (χ1n) is 6.40. The minimum atomic E-state index is -1.64. The smallest absolute Gasteiger partial charge is 0.410 e. The Morgan fingerprint density at radius 1 is 1.14 bits per heavy atom. The molecule has 1 aliphatic rings. The van der Waals surface area contributed by atoms with Crippen molar-refractivity contribution < 1.29 is 34.1 Å². The predicted octanol–water partition coefficient (Wildman–Crippen LogP) is -0.182. The summed E-state index contributed by atoms with van der Waals surface area (Å²) in [6.07, 6.45) is 0.623. The molecule has 0 aromatic carbocycles. The van der Waals surface area contributed by atoms with Crippen molar-refractivity contribution in [1.29, 1.82) is 0 Å². The Kier molecular flexibility index (Phi) is 4.80. The van der Waals surface area contributed by atoms with Gasteiger partial charge in [0.1, 0.15) is 5.60 Å². The first-order valence-corrected chi connectivity index (χ1v) is 6.40. The van der Waals surface area contributed by atoms with Gasteiger partial charge in [0, 0.05) is 12.2 Å². The number of hydrogen-bond donors (Lipinski definition) is 3. The third-order valence-corrected chi connectivity index (χ3v) is 2.72. The van der Waals surface area contributed by atoms with Gasteiger partial charge in [-0.1, -0.05) is 0 Å². The Morgan fingerprint density at radius 2 is 1.68 bits per heavy atom. The largest absolute Gasteiger partial charge is 0.479 e. The normalized spacial score (nSPS) is 16.8. The summed E-state index contributed by atoms with van der Waals surface area (Å²) in [7, 11) is 0. The molecule has 1 heterocycles. The van der Waals surface area contributed by atoms with Gasteiger partial charge in [0.25, 0.3) is 0 Å². The summed E-state index contributed by atoms with van der Waals surface area (Å²) in [6, 6.07) is 0. The molecule has 0 aromatic rings. The van der Waals surface area contributed by atoms with Gasteiger partial charge in [0.05, 0.1) is 13.1 Å². The van der Waals surface area contributed by atoms with Gasteiger partial charge in [-0.25, -0.2) is 14.4 Å². The molecule has 0 spiro atoms. The summed E-state index contributed by atoms with van der Waals surface area (Å²) < 4.78 is 5.09. The standard InChI is InChI=1S/C13H18N2O7/c1-12(2,3)22-11(21)15-6-13(7-15,10(19)20)14-8(16)4-5-9(17)18/h4-5H,6-7H2,1-3H3,(H,14,16)(H,17,18)(H,19,20)/b5-4-. The Bertz CT molecular complexity index is 527. The van der Waals surface area contributed by atoms with E-state index in [-0.39, 0.29) is 13.1 Å². The van der Waals surface area contributed by atoms with Crippen LogP contribution in [0.3, 0.4) is 0 Å². The van der Waals surface area contributed by atoms with Crippen LogP contribution in [0.15, 0.2) is 12.2 Å². The van der Waals surface area contributed by atoms with Crippen molar-refractivity contribution in [3.05, 3.63) is 12.2 Å². The zero-order chi connectivity index (χ0) is 17.1. The second kappa shape index (κ2) is 6.04. The van der Waals surface area contributed by atoms with Crippen molar-refractivity contribution in [3.63, 3.8) is 0 Å². The van der Waals surface area contributed by atoms with Crippen LogP contribution in [-0.4, -0.2) is 63.3 Å². The van der Waals surface area contributed by atoms with E-state index in [1.54, 1.807) is 20.8 Å². The lowest BCUT2D eigenvalue weighted by Gasteiger charge is -2.46. The van der Waals surface area contributed by atoms with Crippen molar-refractivity contribution in [1.82, 2.24) is 10.2 Å².